The zero-order valence-corrected chi connectivity index (χ0v) is 12.6. The molecule has 0 aromatic heterocycles. The normalized spacial score (nSPS) is 16.1. The molecule has 19 heavy (non-hydrogen) atoms. The van der Waals surface area contributed by atoms with Crippen molar-refractivity contribution in [2.45, 2.75) is 65.0 Å². The number of alkyl carbamates (subject to hydrolysis) is 1. The van der Waals surface area contributed by atoms with Gasteiger partial charge in [-0.25, -0.2) is 4.79 Å². The Morgan fingerprint density at radius 1 is 1.37 bits per heavy atom. The highest BCUT2D eigenvalue weighted by Crippen LogP contribution is 2.26. The molecule has 0 radical (unpaired) electrons. The molecule has 0 saturated heterocycles. The summed E-state index contributed by atoms with van der Waals surface area (Å²) < 4.78 is 5.03. The van der Waals surface area contributed by atoms with Crippen LogP contribution in [0.15, 0.2) is 0 Å². The van der Waals surface area contributed by atoms with Crippen molar-refractivity contribution >= 4 is 6.09 Å². The van der Waals surface area contributed by atoms with Gasteiger partial charge in [-0.05, 0) is 39.5 Å². The molecule has 0 aromatic carbocycles. The maximum absolute atomic E-state index is 11.3. The van der Waals surface area contributed by atoms with Crippen LogP contribution in [0.2, 0.25) is 0 Å². The summed E-state index contributed by atoms with van der Waals surface area (Å²) in [7, 11) is 0. The number of carbonyl (C=O) groups excluding carboxylic acids is 1. The third kappa shape index (κ3) is 13.4. The van der Waals surface area contributed by atoms with Gasteiger partial charge in [0, 0.05) is 6.61 Å². The number of amides is 1. The van der Waals surface area contributed by atoms with E-state index in [4.69, 9.17) is 14.9 Å². The number of rotatable bonds is 5. The van der Waals surface area contributed by atoms with E-state index in [1.54, 1.807) is 20.8 Å². The SMILES string of the molecule is CC(C)(C)OC(=O)NC(CO)CCCO.CC1CC1. The molecule has 0 bridgehead atoms. The second-order valence-corrected chi connectivity index (χ2v) is 6.07. The van der Waals surface area contributed by atoms with E-state index in [0.717, 1.165) is 5.92 Å². The maximum Gasteiger partial charge on any atom is 0.407 e. The highest BCUT2D eigenvalue weighted by Gasteiger charge is 2.18. The summed E-state index contributed by atoms with van der Waals surface area (Å²) in [5.74, 6) is 1.08. The lowest BCUT2D eigenvalue weighted by atomic mass is 10.2. The number of nitrogens with one attached hydrogen (secondary N) is 1. The van der Waals surface area contributed by atoms with Gasteiger partial charge in [0.05, 0.1) is 12.6 Å². The minimum absolute atomic E-state index is 0.0481. The molecule has 114 valence electrons. The monoisotopic (exact) mass is 275 g/mol. The molecule has 5 nitrogen and oxygen atoms in total. The van der Waals surface area contributed by atoms with Crippen LogP contribution in [-0.4, -0.2) is 41.2 Å². The van der Waals surface area contributed by atoms with Gasteiger partial charge in [0.2, 0.25) is 0 Å². The molecule has 1 rings (SSSR count). The largest absolute Gasteiger partial charge is 0.444 e. The van der Waals surface area contributed by atoms with E-state index in [-0.39, 0.29) is 19.3 Å². The van der Waals surface area contributed by atoms with Crippen molar-refractivity contribution in [2.24, 2.45) is 5.92 Å². The zero-order valence-electron chi connectivity index (χ0n) is 12.6. The van der Waals surface area contributed by atoms with E-state index in [0.29, 0.717) is 12.8 Å². The number of aliphatic hydroxyl groups excluding tert-OH is 2. The fraction of sp³-hybridized carbons (Fsp3) is 0.929. The Morgan fingerprint density at radius 2 is 1.89 bits per heavy atom. The quantitative estimate of drug-likeness (QED) is 0.717. The first-order valence-electron chi connectivity index (χ1n) is 6.99. The van der Waals surface area contributed by atoms with Gasteiger partial charge in [-0.2, -0.15) is 0 Å². The topological polar surface area (TPSA) is 78.8 Å². The van der Waals surface area contributed by atoms with Crippen molar-refractivity contribution in [1.29, 1.82) is 0 Å². The smallest absolute Gasteiger partial charge is 0.407 e. The summed E-state index contributed by atoms with van der Waals surface area (Å²) in [5.41, 5.74) is -0.541. The first-order valence-corrected chi connectivity index (χ1v) is 6.99. The van der Waals surface area contributed by atoms with E-state index in [9.17, 15) is 4.79 Å². The third-order valence-electron chi connectivity index (χ3n) is 2.52. The minimum atomic E-state index is -0.542. The molecular formula is C14H29NO4. The van der Waals surface area contributed by atoms with E-state index in [2.05, 4.69) is 12.2 Å². The minimum Gasteiger partial charge on any atom is -0.444 e. The van der Waals surface area contributed by atoms with Crippen LogP contribution in [0.25, 0.3) is 0 Å². The van der Waals surface area contributed by atoms with Gasteiger partial charge in [0.1, 0.15) is 5.60 Å². The Hall–Kier alpha value is -0.810. The van der Waals surface area contributed by atoms with Gasteiger partial charge in [-0.15, -0.1) is 0 Å². The fourth-order valence-electron chi connectivity index (χ4n) is 1.19. The number of ether oxygens (including phenoxy) is 1. The van der Waals surface area contributed by atoms with Crippen molar-refractivity contribution < 1.29 is 19.7 Å². The Morgan fingerprint density at radius 3 is 2.21 bits per heavy atom. The van der Waals surface area contributed by atoms with Crippen molar-refractivity contribution in [3.8, 4) is 0 Å². The van der Waals surface area contributed by atoms with Crippen LogP contribution in [0, 0.1) is 5.92 Å². The third-order valence-corrected chi connectivity index (χ3v) is 2.52. The van der Waals surface area contributed by atoms with Gasteiger partial charge >= 0.3 is 6.09 Å². The number of hydrogen-bond acceptors (Lipinski definition) is 4. The predicted octanol–water partition coefficient (Wildman–Crippen LogP) is 2.06. The van der Waals surface area contributed by atoms with Crippen LogP contribution < -0.4 is 5.32 Å². The number of hydrogen-bond donors (Lipinski definition) is 3. The molecule has 0 heterocycles. The molecule has 1 unspecified atom stereocenters. The number of aliphatic hydroxyl groups is 2. The lowest BCUT2D eigenvalue weighted by Gasteiger charge is -2.22. The average molecular weight is 275 g/mol. The lowest BCUT2D eigenvalue weighted by Crippen LogP contribution is -2.41. The molecule has 1 aliphatic rings. The first-order chi connectivity index (χ1) is 8.78. The Bertz CT molecular complexity index is 246. The van der Waals surface area contributed by atoms with E-state index >= 15 is 0 Å². The van der Waals surface area contributed by atoms with E-state index in [1.165, 1.54) is 12.8 Å². The van der Waals surface area contributed by atoms with E-state index in [1.807, 2.05) is 0 Å². The predicted molar refractivity (Wildman–Crippen MR) is 75.0 cm³/mol. The van der Waals surface area contributed by atoms with Gasteiger partial charge in [0.15, 0.2) is 0 Å². The van der Waals surface area contributed by atoms with Gasteiger partial charge in [0.25, 0.3) is 0 Å². The second-order valence-electron chi connectivity index (χ2n) is 6.07. The van der Waals surface area contributed by atoms with Crippen LogP contribution in [-0.2, 0) is 4.74 Å². The molecule has 0 spiro atoms. The second kappa shape index (κ2) is 9.15. The molecule has 0 aliphatic heterocycles. The Balaban J connectivity index is 0.000000678. The van der Waals surface area contributed by atoms with Crippen LogP contribution in [0.3, 0.4) is 0 Å². The molecule has 1 atom stereocenters. The highest BCUT2D eigenvalue weighted by molar-refractivity contribution is 5.68. The molecule has 1 amide bonds. The fourth-order valence-corrected chi connectivity index (χ4v) is 1.19. The van der Waals surface area contributed by atoms with Crippen LogP contribution in [0.5, 0.6) is 0 Å². The Labute approximate surface area is 116 Å². The van der Waals surface area contributed by atoms with Crippen molar-refractivity contribution in [1.82, 2.24) is 5.32 Å². The molecule has 3 N–H and O–H groups in total. The van der Waals surface area contributed by atoms with Gasteiger partial charge < -0.3 is 20.3 Å². The summed E-state index contributed by atoms with van der Waals surface area (Å²) in [6, 6.07) is -0.355. The van der Waals surface area contributed by atoms with Crippen LogP contribution >= 0.6 is 0 Å². The molecule has 0 aromatic rings. The van der Waals surface area contributed by atoms with Crippen LogP contribution in [0.4, 0.5) is 4.79 Å². The zero-order chi connectivity index (χ0) is 14.9. The highest BCUT2D eigenvalue weighted by atomic mass is 16.6. The summed E-state index contributed by atoms with van der Waals surface area (Å²) in [5, 5.41) is 20.1. The molecule has 1 aliphatic carbocycles. The molecular weight excluding hydrogens is 246 g/mol. The van der Waals surface area contributed by atoms with E-state index < -0.39 is 11.7 Å². The van der Waals surface area contributed by atoms with Crippen molar-refractivity contribution in [2.75, 3.05) is 13.2 Å². The molecule has 1 saturated carbocycles. The average Bonchev–Trinajstić information content (AvgIpc) is 3.05. The Kier molecular flexibility index (Phi) is 8.76. The maximum atomic E-state index is 11.3. The lowest BCUT2D eigenvalue weighted by molar-refractivity contribution is 0.0476. The van der Waals surface area contributed by atoms with Gasteiger partial charge in [-0.3, -0.25) is 0 Å². The standard InChI is InChI=1S/C10H21NO4.C4H8/c1-10(2,3)15-9(14)11-8(7-13)5-4-6-12;1-4-2-3-4/h8,12-13H,4-7H2,1-3H3,(H,11,14);4H,2-3H2,1H3. The summed E-state index contributed by atoms with van der Waals surface area (Å²) in [4.78, 5) is 11.3. The first kappa shape index (κ1) is 18.2. The van der Waals surface area contributed by atoms with Crippen LogP contribution in [0.1, 0.15) is 53.4 Å². The van der Waals surface area contributed by atoms with Gasteiger partial charge in [-0.1, -0.05) is 19.8 Å². The van der Waals surface area contributed by atoms with Crippen molar-refractivity contribution in [3.63, 3.8) is 0 Å². The molecule has 5 heteroatoms. The summed E-state index contributed by atoms with van der Waals surface area (Å²) >= 11 is 0. The summed E-state index contributed by atoms with van der Waals surface area (Å²) in [6.45, 7) is 7.49. The summed E-state index contributed by atoms with van der Waals surface area (Å²) in [6.07, 6.45) is 3.51. The van der Waals surface area contributed by atoms with Crippen molar-refractivity contribution in [3.05, 3.63) is 0 Å². The number of carbonyl (C=O) groups is 1. The molecule has 1 fully saturated rings.